The number of aliphatic hydroxyl groups excluding tert-OH is 1. The van der Waals surface area contributed by atoms with E-state index in [2.05, 4.69) is 4.72 Å². The molecule has 192 valence electrons. The van der Waals surface area contributed by atoms with Gasteiger partial charge in [-0.25, -0.2) is 35.5 Å². The van der Waals surface area contributed by atoms with Gasteiger partial charge in [-0.05, 0) is 24.6 Å². The lowest BCUT2D eigenvalue weighted by molar-refractivity contribution is 0.0980. The average Bonchev–Trinajstić information content (AvgIpc) is 3.31. The van der Waals surface area contributed by atoms with Crippen LogP contribution in [0.2, 0.25) is 0 Å². The SMILES string of the molecule is CCOC(=O)N1CC(CO)C(NS(=O)(=O)c2cn(C)c(C(=O)Cc3cc(F)c(F)c(F)c3)c2F)C1. The minimum absolute atomic E-state index is 0.00825. The molecule has 1 saturated heterocycles. The normalized spacial score (nSPS) is 18.2. The Hall–Kier alpha value is -2.97. The predicted octanol–water partition coefficient (Wildman–Crippen LogP) is 1.73. The van der Waals surface area contributed by atoms with Gasteiger partial charge in [0, 0.05) is 51.3 Å². The molecule has 0 bridgehead atoms. The third-order valence-corrected chi connectivity index (χ3v) is 7.03. The Balaban J connectivity index is 1.83. The van der Waals surface area contributed by atoms with Gasteiger partial charge in [-0.1, -0.05) is 0 Å². The fourth-order valence-corrected chi connectivity index (χ4v) is 5.29. The molecule has 9 nitrogen and oxygen atoms in total. The highest BCUT2D eigenvalue weighted by Gasteiger charge is 2.39. The molecule has 2 atom stereocenters. The minimum Gasteiger partial charge on any atom is -0.450 e. The van der Waals surface area contributed by atoms with Crippen LogP contribution in [0.5, 0.6) is 0 Å². The number of ether oxygens (including phenoxy) is 1. The molecule has 0 radical (unpaired) electrons. The van der Waals surface area contributed by atoms with Crippen LogP contribution in [0, 0.1) is 29.2 Å². The molecule has 0 aliphatic carbocycles. The molecule has 35 heavy (non-hydrogen) atoms. The van der Waals surface area contributed by atoms with Crippen molar-refractivity contribution in [3.05, 3.63) is 52.9 Å². The molecule has 1 amide bonds. The van der Waals surface area contributed by atoms with Gasteiger partial charge in [0.25, 0.3) is 0 Å². The van der Waals surface area contributed by atoms with Gasteiger partial charge in [-0.2, -0.15) is 0 Å². The number of carbonyl (C=O) groups excluding carboxylic acids is 2. The van der Waals surface area contributed by atoms with E-state index in [1.54, 1.807) is 6.92 Å². The zero-order valence-corrected chi connectivity index (χ0v) is 19.5. The smallest absolute Gasteiger partial charge is 0.409 e. The van der Waals surface area contributed by atoms with E-state index in [1.807, 2.05) is 0 Å². The number of amides is 1. The molecule has 0 spiro atoms. The first-order chi connectivity index (χ1) is 16.4. The van der Waals surface area contributed by atoms with Crippen molar-refractivity contribution in [1.29, 1.82) is 0 Å². The highest BCUT2D eigenvalue weighted by molar-refractivity contribution is 7.89. The van der Waals surface area contributed by atoms with E-state index >= 15 is 4.39 Å². The molecule has 2 heterocycles. The summed E-state index contributed by atoms with van der Waals surface area (Å²) in [7, 11) is -3.36. The van der Waals surface area contributed by atoms with Gasteiger partial charge < -0.3 is 19.3 Å². The first-order valence-corrected chi connectivity index (χ1v) is 11.9. The van der Waals surface area contributed by atoms with Crippen molar-refractivity contribution in [2.75, 3.05) is 26.3 Å². The Morgan fingerprint density at radius 3 is 2.34 bits per heavy atom. The van der Waals surface area contributed by atoms with Crippen LogP contribution < -0.4 is 4.72 Å². The first-order valence-electron chi connectivity index (χ1n) is 10.5. The monoisotopic (exact) mass is 521 g/mol. The fraction of sp³-hybridized carbons (Fsp3) is 0.429. The number of nitrogens with zero attached hydrogens (tertiary/aromatic N) is 2. The summed E-state index contributed by atoms with van der Waals surface area (Å²) in [6.07, 6.45) is -0.567. The molecule has 2 aromatic rings. The van der Waals surface area contributed by atoms with Crippen LogP contribution in [0.25, 0.3) is 0 Å². The van der Waals surface area contributed by atoms with E-state index in [9.17, 15) is 36.3 Å². The van der Waals surface area contributed by atoms with Crippen LogP contribution in [-0.2, 0) is 28.2 Å². The van der Waals surface area contributed by atoms with Crippen molar-refractivity contribution in [2.45, 2.75) is 24.3 Å². The van der Waals surface area contributed by atoms with E-state index in [4.69, 9.17) is 4.74 Å². The number of benzene rings is 1. The summed E-state index contributed by atoms with van der Waals surface area (Å²) >= 11 is 0. The molecule has 14 heteroatoms. The van der Waals surface area contributed by atoms with Gasteiger partial charge in [-0.15, -0.1) is 0 Å². The standard InChI is InChI=1S/C21H23F4N3O6S/c1-3-34-21(31)28-7-12(10-29)15(8-28)26-35(32,33)17-9-27(2)20(19(17)25)16(30)6-11-4-13(22)18(24)14(23)5-11/h4-5,9,12,15,26,29H,3,6-8,10H2,1-2H3. The molecule has 1 aliphatic heterocycles. The topological polar surface area (TPSA) is 118 Å². The second kappa shape index (κ2) is 10.3. The quantitative estimate of drug-likeness (QED) is 0.311. The Labute approximate surface area is 198 Å². The van der Waals surface area contributed by atoms with Gasteiger partial charge in [0.1, 0.15) is 10.6 Å². The number of ketones is 1. The summed E-state index contributed by atoms with van der Waals surface area (Å²) in [4.78, 5) is 24.9. The van der Waals surface area contributed by atoms with Crippen LogP contribution in [0.15, 0.2) is 23.2 Å². The largest absolute Gasteiger partial charge is 0.450 e. The Morgan fingerprint density at radius 1 is 1.14 bits per heavy atom. The van der Waals surface area contributed by atoms with Crippen LogP contribution >= 0.6 is 0 Å². The number of aryl methyl sites for hydroxylation is 1. The van der Waals surface area contributed by atoms with Gasteiger partial charge >= 0.3 is 6.09 Å². The third-order valence-electron chi connectivity index (χ3n) is 5.56. The molecule has 1 aliphatic rings. The lowest BCUT2D eigenvalue weighted by atomic mass is 10.1. The molecule has 1 fully saturated rings. The average molecular weight is 521 g/mol. The molecule has 2 N–H and O–H groups in total. The second-order valence-electron chi connectivity index (χ2n) is 8.01. The highest BCUT2D eigenvalue weighted by atomic mass is 32.2. The van der Waals surface area contributed by atoms with Crippen molar-refractivity contribution in [3.63, 3.8) is 0 Å². The third kappa shape index (κ3) is 5.49. The van der Waals surface area contributed by atoms with Gasteiger partial charge in [0.05, 0.1) is 6.61 Å². The number of Topliss-reactive ketones (excluding diaryl/α,β-unsaturated/α-hetero) is 1. The van der Waals surface area contributed by atoms with E-state index < -0.39 is 80.7 Å². The number of nitrogens with one attached hydrogen (secondary N) is 1. The highest BCUT2D eigenvalue weighted by Crippen LogP contribution is 2.25. The minimum atomic E-state index is -4.56. The van der Waals surface area contributed by atoms with Crippen LogP contribution in [-0.4, -0.2) is 67.2 Å². The number of carbonyl (C=O) groups is 2. The maximum atomic E-state index is 15.1. The summed E-state index contributed by atoms with van der Waals surface area (Å²) in [6, 6.07) is 0.208. The van der Waals surface area contributed by atoms with E-state index in [0.717, 1.165) is 10.8 Å². The maximum absolute atomic E-state index is 15.1. The summed E-state index contributed by atoms with van der Waals surface area (Å²) < 4.78 is 89.0. The number of aromatic nitrogens is 1. The summed E-state index contributed by atoms with van der Waals surface area (Å²) in [5.74, 6) is -7.86. The molecule has 1 aromatic heterocycles. The number of hydrogen-bond donors (Lipinski definition) is 2. The van der Waals surface area contributed by atoms with E-state index in [-0.39, 0.29) is 25.3 Å². The molecule has 2 unspecified atom stereocenters. The maximum Gasteiger partial charge on any atom is 0.409 e. The lowest BCUT2D eigenvalue weighted by Gasteiger charge is -2.17. The molecule has 0 saturated carbocycles. The first kappa shape index (κ1) is 26.6. The fourth-order valence-electron chi connectivity index (χ4n) is 3.87. The van der Waals surface area contributed by atoms with E-state index in [1.165, 1.54) is 11.9 Å². The lowest BCUT2D eigenvalue weighted by Crippen LogP contribution is -2.42. The van der Waals surface area contributed by atoms with Crippen LogP contribution in [0.4, 0.5) is 22.4 Å². The number of halogens is 4. The number of hydrogen-bond acceptors (Lipinski definition) is 6. The Morgan fingerprint density at radius 2 is 1.77 bits per heavy atom. The predicted molar refractivity (Wildman–Crippen MR) is 113 cm³/mol. The van der Waals surface area contributed by atoms with Gasteiger partial charge in [0.15, 0.2) is 29.1 Å². The zero-order valence-electron chi connectivity index (χ0n) is 18.7. The van der Waals surface area contributed by atoms with Gasteiger partial charge in [0.2, 0.25) is 10.0 Å². The van der Waals surface area contributed by atoms with Crippen molar-refractivity contribution in [1.82, 2.24) is 14.2 Å². The molecule has 3 rings (SSSR count). The number of likely N-dealkylation sites (tertiary alicyclic amines) is 1. The summed E-state index contributed by atoms with van der Waals surface area (Å²) in [5, 5.41) is 9.59. The van der Waals surface area contributed by atoms with Crippen molar-refractivity contribution >= 4 is 21.9 Å². The Kier molecular flexibility index (Phi) is 7.87. The van der Waals surface area contributed by atoms with E-state index in [0.29, 0.717) is 12.1 Å². The number of sulfonamides is 1. The summed E-state index contributed by atoms with van der Waals surface area (Å²) in [6.45, 7) is 1.10. The molecular formula is C21H23F4N3O6S. The van der Waals surface area contributed by atoms with Crippen molar-refractivity contribution in [3.8, 4) is 0 Å². The van der Waals surface area contributed by atoms with Crippen molar-refractivity contribution < 1.29 is 45.4 Å². The van der Waals surface area contributed by atoms with Gasteiger partial charge in [-0.3, -0.25) is 4.79 Å². The van der Waals surface area contributed by atoms with Crippen molar-refractivity contribution in [2.24, 2.45) is 13.0 Å². The summed E-state index contributed by atoms with van der Waals surface area (Å²) in [5.41, 5.74) is -0.945. The zero-order chi connectivity index (χ0) is 26.1. The number of rotatable bonds is 8. The number of aliphatic hydroxyl groups is 1. The van der Waals surface area contributed by atoms with Crippen LogP contribution in [0.3, 0.4) is 0 Å². The van der Waals surface area contributed by atoms with Crippen LogP contribution in [0.1, 0.15) is 23.0 Å². The Bertz CT molecular complexity index is 1230. The molecule has 1 aromatic carbocycles. The second-order valence-corrected chi connectivity index (χ2v) is 9.70. The molecular weight excluding hydrogens is 498 g/mol.